The van der Waals surface area contributed by atoms with Crippen molar-refractivity contribution in [3.05, 3.63) is 45.1 Å². The zero-order valence-corrected chi connectivity index (χ0v) is 13.6. The van der Waals surface area contributed by atoms with Gasteiger partial charge in [0.25, 0.3) is 0 Å². The van der Waals surface area contributed by atoms with Crippen LogP contribution in [0, 0.1) is 0 Å². The lowest BCUT2D eigenvalue weighted by molar-refractivity contribution is 0.217. The van der Waals surface area contributed by atoms with Crippen LogP contribution in [-0.2, 0) is 6.54 Å². The maximum atomic E-state index is 5.82. The third-order valence-electron chi connectivity index (χ3n) is 2.84. The molecule has 1 aromatic carbocycles. The van der Waals surface area contributed by atoms with Crippen molar-refractivity contribution in [2.75, 3.05) is 5.32 Å². The van der Waals surface area contributed by atoms with Crippen LogP contribution in [-0.4, -0.2) is 6.10 Å². The van der Waals surface area contributed by atoms with Gasteiger partial charge in [0.15, 0.2) is 0 Å². The summed E-state index contributed by atoms with van der Waals surface area (Å²) in [6.45, 7) is 5.05. The second-order valence-corrected chi connectivity index (χ2v) is 6.97. The maximum Gasteiger partial charge on any atom is 0.121 e. The molecule has 0 aliphatic heterocycles. The Morgan fingerprint density at radius 2 is 2.16 bits per heavy atom. The molecule has 1 atom stereocenters. The van der Waals surface area contributed by atoms with Crippen LogP contribution in [0.25, 0.3) is 0 Å². The molecule has 0 saturated carbocycles. The minimum Gasteiger partial charge on any atom is -0.491 e. The Morgan fingerprint density at radius 1 is 1.32 bits per heavy atom. The minimum absolute atomic E-state index is 0.253. The van der Waals surface area contributed by atoms with Crippen molar-refractivity contribution in [2.45, 2.75) is 32.9 Å². The van der Waals surface area contributed by atoms with Gasteiger partial charge in [0, 0.05) is 23.2 Å². The number of halogens is 1. The highest BCUT2D eigenvalue weighted by Gasteiger charge is 2.02. The van der Waals surface area contributed by atoms with Crippen molar-refractivity contribution < 1.29 is 4.74 Å². The topological polar surface area (TPSA) is 21.3 Å². The number of rotatable bonds is 6. The monoisotopic (exact) mass is 339 g/mol. The molecule has 0 fully saturated rings. The van der Waals surface area contributed by atoms with Crippen LogP contribution in [0.1, 0.15) is 25.1 Å². The Morgan fingerprint density at radius 3 is 2.84 bits per heavy atom. The van der Waals surface area contributed by atoms with Crippen LogP contribution in [0.15, 0.2) is 40.2 Å². The molecule has 0 spiro atoms. The summed E-state index contributed by atoms with van der Waals surface area (Å²) in [4.78, 5) is 1.31. The molecule has 1 aromatic heterocycles. The van der Waals surface area contributed by atoms with Crippen molar-refractivity contribution in [1.82, 2.24) is 0 Å². The average Bonchev–Trinajstić information content (AvgIpc) is 2.82. The SMILES string of the molecule is CCC(C)Oc1cccc(NCc2ccc(Br)s2)c1. The molecule has 0 aliphatic rings. The van der Waals surface area contributed by atoms with Crippen molar-refractivity contribution in [3.8, 4) is 5.75 Å². The second-order valence-electron chi connectivity index (χ2n) is 4.42. The van der Waals surface area contributed by atoms with E-state index in [1.54, 1.807) is 11.3 Å². The summed E-state index contributed by atoms with van der Waals surface area (Å²) in [5.41, 5.74) is 1.09. The molecule has 0 saturated heterocycles. The maximum absolute atomic E-state index is 5.82. The molecular formula is C15H18BrNOS. The smallest absolute Gasteiger partial charge is 0.121 e. The van der Waals surface area contributed by atoms with Crippen molar-refractivity contribution in [1.29, 1.82) is 0 Å². The van der Waals surface area contributed by atoms with E-state index < -0.39 is 0 Å². The number of thiophene rings is 1. The summed E-state index contributed by atoms with van der Waals surface area (Å²) in [5.74, 6) is 0.923. The van der Waals surface area contributed by atoms with Gasteiger partial charge in [0.2, 0.25) is 0 Å². The fraction of sp³-hybridized carbons (Fsp3) is 0.333. The van der Waals surface area contributed by atoms with E-state index in [2.05, 4.69) is 59.4 Å². The van der Waals surface area contributed by atoms with E-state index in [1.165, 1.54) is 4.88 Å². The molecular weight excluding hydrogens is 322 g/mol. The molecule has 1 unspecified atom stereocenters. The minimum atomic E-state index is 0.253. The van der Waals surface area contributed by atoms with E-state index in [0.29, 0.717) is 0 Å². The molecule has 0 aliphatic carbocycles. The van der Waals surface area contributed by atoms with Gasteiger partial charge in [-0.2, -0.15) is 0 Å². The molecule has 1 N–H and O–H groups in total. The van der Waals surface area contributed by atoms with Gasteiger partial charge in [0.05, 0.1) is 9.89 Å². The largest absolute Gasteiger partial charge is 0.491 e. The molecule has 19 heavy (non-hydrogen) atoms. The van der Waals surface area contributed by atoms with Crippen LogP contribution >= 0.6 is 27.3 Å². The summed E-state index contributed by atoms with van der Waals surface area (Å²) in [6, 6.07) is 12.3. The highest BCUT2D eigenvalue weighted by atomic mass is 79.9. The predicted molar refractivity (Wildman–Crippen MR) is 86.2 cm³/mol. The molecule has 0 amide bonds. The Labute approximate surface area is 126 Å². The Kier molecular flexibility index (Phi) is 5.28. The van der Waals surface area contributed by atoms with Crippen molar-refractivity contribution in [3.63, 3.8) is 0 Å². The number of hydrogen-bond acceptors (Lipinski definition) is 3. The molecule has 4 heteroatoms. The van der Waals surface area contributed by atoms with Gasteiger partial charge in [-0.25, -0.2) is 0 Å². The van der Waals surface area contributed by atoms with Crippen molar-refractivity contribution >= 4 is 33.0 Å². The summed E-state index contributed by atoms with van der Waals surface area (Å²) in [5, 5.41) is 3.42. The standard InChI is InChI=1S/C15H18BrNOS/c1-3-11(2)18-13-6-4-5-12(9-13)17-10-14-7-8-15(16)19-14/h4-9,11,17H,3,10H2,1-2H3. The number of benzene rings is 1. The van der Waals surface area contributed by atoms with Crippen LogP contribution in [0.3, 0.4) is 0 Å². The second kappa shape index (κ2) is 6.96. The first-order valence-corrected chi connectivity index (χ1v) is 8.03. The predicted octanol–water partition coefficient (Wildman–Crippen LogP) is 5.30. The average molecular weight is 340 g/mol. The van der Waals surface area contributed by atoms with Crippen LogP contribution in [0.4, 0.5) is 5.69 Å². The fourth-order valence-corrected chi connectivity index (χ4v) is 3.05. The van der Waals surface area contributed by atoms with Crippen LogP contribution < -0.4 is 10.1 Å². The first kappa shape index (κ1) is 14.4. The lowest BCUT2D eigenvalue weighted by Crippen LogP contribution is -2.09. The lowest BCUT2D eigenvalue weighted by atomic mass is 10.2. The number of nitrogens with one attached hydrogen (secondary N) is 1. The van der Waals surface area contributed by atoms with Crippen LogP contribution in [0.5, 0.6) is 5.75 Å². The molecule has 0 bridgehead atoms. The molecule has 1 heterocycles. The van der Waals surface area contributed by atoms with Gasteiger partial charge in [-0.05, 0) is 53.5 Å². The van der Waals surface area contributed by atoms with Gasteiger partial charge in [-0.15, -0.1) is 11.3 Å². The Balaban J connectivity index is 1.95. The Hall–Kier alpha value is -1.000. The van der Waals surface area contributed by atoms with E-state index in [4.69, 9.17) is 4.74 Å². The number of ether oxygens (including phenoxy) is 1. The van der Waals surface area contributed by atoms with Gasteiger partial charge in [-0.3, -0.25) is 0 Å². The molecule has 2 rings (SSSR count). The normalized spacial score (nSPS) is 12.2. The zero-order valence-electron chi connectivity index (χ0n) is 11.2. The highest BCUT2D eigenvalue weighted by molar-refractivity contribution is 9.11. The van der Waals surface area contributed by atoms with E-state index >= 15 is 0 Å². The molecule has 2 aromatic rings. The number of hydrogen-bond donors (Lipinski definition) is 1. The molecule has 102 valence electrons. The first-order valence-electron chi connectivity index (χ1n) is 6.42. The third-order valence-corrected chi connectivity index (χ3v) is 4.47. The van der Waals surface area contributed by atoms with Gasteiger partial charge >= 0.3 is 0 Å². The van der Waals surface area contributed by atoms with E-state index in [9.17, 15) is 0 Å². The summed E-state index contributed by atoms with van der Waals surface area (Å²) in [7, 11) is 0. The summed E-state index contributed by atoms with van der Waals surface area (Å²) in [6.07, 6.45) is 1.27. The quantitative estimate of drug-likeness (QED) is 0.770. The number of anilines is 1. The van der Waals surface area contributed by atoms with Crippen LogP contribution in [0.2, 0.25) is 0 Å². The molecule has 2 nitrogen and oxygen atoms in total. The zero-order chi connectivity index (χ0) is 13.7. The van der Waals surface area contributed by atoms with Gasteiger partial charge in [-0.1, -0.05) is 13.0 Å². The van der Waals surface area contributed by atoms with E-state index in [-0.39, 0.29) is 6.10 Å². The summed E-state index contributed by atoms with van der Waals surface area (Å²) >= 11 is 5.22. The fourth-order valence-electron chi connectivity index (χ4n) is 1.63. The van der Waals surface area contributed by atoms with Crippen molar-refractivity contribution in [2.24, 2.45) is 0 Å². The van der Waals surface area contributed by atoms with E-state index in [0.717, 1.165) is 28.2 Å². The molecule has 0 radical (unpaired) electrons. The van der Waals surface area contributed by atoms with Gasteiger partial charge in [0.1, 0.15) is 5.75 Å². The Bertz CT molecular complexity index is 526. The first-order chi connectivity index (χ1) is 9.17. The van der Waals surface area contributed by atoms with Gasteiger partial charge < -0.3 is 10.1 Å². The summed E-state index contributed by atoms with van der Waals surface area (Å²) < 4.78 is 6.98. The lowest BCUT2D eigenvalue weighted by Gasteiger charge is -2.13. The highest BCUT2D eigenvalue weighted by Crippen LogP contribution is 2.24. The van der Waals surface area contributed by atoms with E-state index in [1.807, 2.05) is 12.1 Å². The third kappa shape index (κ3) is 4.55.